The van der Waals surface area contributed by atoms with Gasteiger partial charge in [-0.2, -0.15) is 0 Å². The Bertz CT molecular complexity index is 126. The van der Waals surface area contributed by atoms with Crippen molar-refractivity contribution in [2.45, 2.75) is 50.6 Å². The Labute approximate surface area is 74.7 Å². The molecule has 70 valence electrons. The summed E-state index contributed by atoms with van der Waals surface area (Å²) in [4.78, 5) is 0. The average molecular weight is 169 g/mol. The lowest BCUT2D eigenvalue weighted by Crippen LogP contribution is -2.41. The summed E-state index contributed by atoms with van der Waals surface area (Å²) >= 11 is 0. The molecular weight excluding hydrogens is 150 g/mol. The first kappa shape index (κ1) is 8.52. The molecule has 1 aliphatic heterocycles. The molecule has 2 nitrogen and oxygen atoms in total. The molecule has 0 aromatic rings. The molecule has 1 saturated heterocycles. The van der Waals surface area contributed by atoms with Gasteiger partial charge < -0.3 is 10.1 Å². The van der Waals surface area contributed by atoms with Crippen molar-refractivity contribution >= 4 is 0 Å². The SMILES string of the molecule is C1CCC(N[C@@H]2CCCOC2)C1. The van der Waals surface area contributed by atoms with E-state index in [1.165, 1.54) is 38.5 Å². The minimum atomic E-state index is 0.654. The number of nitrogens with one attached hydrogen (secondary N) is 1. The molecule has 0 unspecified atom stereocenters. The van der Waals surface area contributed by atoms with Crippen molar-refractivity contribution in [3.05, 3.63) is 0 Å². The van der Waals surface area contributed by atoms with Crippen molar-refractivity contribution in [1.82, 2.24) is 5.32 Å². The molecule has 1 N–H and O–H groups in total. The molecule has 0 aromatic carbocycles. The van der Waals surface area contributed by atoms with Crippen LogP contribution in [0.2, 0.25) is 0 Å². The minimum absolute atomic E-state index is 0.654. The van der Waals surface area contributed by atoms with Crippen LogP contribution in [-0.2, 0) is 4.74 Å². The zero-order valence-electron chi connectivity index (χ0n) is 7.72. The smallest absolute Gasteiger partial charge is 0.0619 e. The summed E-state index contributed by atoms with van der Waals surface area (Å²) in [5.74, 6) is 0. The summed E-state index contributed by atoms with van der Waals surface area (Å²) in [7, 11) is 0. The predicted octanol–water partition coefficient (Wildman–Crippen LogP) is 1.70. The lowest BCUT2D eigenvalue weighted by Gasteiger charge is -2.26. The van der Waals surface area contributed by atoms with Crippen LogP contribution in [0.1, 0.15) is 38.5 Å². The van der Waals surface area contributed by atoms with Gasteiger partial charge in [0.2, 0.25) is 0 Å². The highest BCUT2D eigenvalue weighted by Crippen LogP contribution is 2.19. The van der Waals surface area contributed by atoms with Gasteiger partial charge in [0.05, 0.1) is 6.61 Å². The number of hydrogen-bond donors (Lipinski definition) is 1. The maximum Gasteiger partial charge on any atom is 0.0619 e. The maximum atomic E-state index is 5.43. The standard InChI is InChI=1S/C10H19NO/c1-2-5-9(4-1)11-10-6-3-7-12-8-10/h9-11H,1-8H2/t10-/m1/s1. The third-order valence-electron chi connectivity index (χ3n) is 2.99. The van der Waals surface area contributed by atoms with E-state index in [0.29, 0.717) is 6.04 Å². The summed E-state index contributed by atoms with van der Waals surface area (Å²) in [6.07, 6.45) is 8.17. The van der Waals surface area contributed by atoms with E-state index < -0.39 is 0 Å². The quantitative estimate of drug-likeness (QED) is 0.679. The molecule has 1 atom stereocenters. The monoisotopic (exact) mass is 169 g/mol. The van der Waals surface area contributed by atoms with Gasteiger partial charge in [0.15, 0.2) is 0 Å². The van der Waals surface area contributed by atoms with Crippen LogP contribution in [-0.4, -0.2) is 25.3 Å². The van der Waals surface area contributed by atoms with Gasteiger partial charge in [0.1, 0.15) is 0 Å². The van der Waals surface area contributed by atoms with E-state index in [1.54, 1.807) is 0 Å². The summed E-state index contributed by atoms with van der Waals surface area (Å²) in [6, 6.07) is 1.46. The Kier molecular flexibility index (Phi) is 3.01. The highest BCUT2D eigenvalue weighted by molar-refractivity contribution is 4.79. The first-order valence-electron chi connectivity index (χ1n) is 5.29. The third kappa shape index (κ3) is 2.20. The number of rotatable bonds is 2. The first-order valence-corrected chi connectivity index (χ1v) is 5.29. The van der Waals surface area contributed by atoms with Crippen molar-refractivity contribution in [2.75, 3.05) is 13.2 Å². The Hall–Kier alpha value is -0.0800. The van der Waals surface area contributed by atoms with Crippen molar-refractivity contribution in [1.29, 1.82) is 0 Å². The van der Waals surface area contributed by atoms with Crippen LogP contribution in [0.5, 0.6) is 0 Å². The van der Waals surface area contributed by atoms with Crippen molar-refractivity contribution in [3.8, 4) is 0 Å². The second-order valence-corrected chi connectivity index (χ2v) is 4.06. The lowest BCUT2D eigenvalue weighted by molar-refractivity contribution is 0.0666. The fourth-order valence-corrected chi connectivity index (χ4v) is 2.30. The van der Waals surface area contributed by atoms with Gasteiger partial charge in [-0.05, 0) is 25.7 Å². The molecule has 2 rings (SSSR count). The average Bonchev–Trinajstić information content (AvgIpc) is 2.59. The predicted molar refractivity (Wildman–Crippen MR) is 49.2 cm³/mol. The van der Waals surface area contributed by atoms with Crippen LogP contribution in [0, 0.1) is 0 Å². The van der Waals surface area contributed by atoms with Gasteiger partial charge in [-0.25, -0.2) is 0 Å². The molecule has 2 fully saturated rings. The van der Waals surface area contributed by atoms with Crippen molar-refractivity contribution < 1.29 is 4.74 Å². The largest absolute Gasteiger partial charge is 0.380 e. The highest BCUT2D eigenvalue weighted by atomic mass is 16.5. The second-order valence-electron chi connectivity index (χ2n) is 4.06. The molecule has 0 bridgehead atoms. The normalized spacial score (nSPS) is 32.5. The van der Waals surface area contributed by atoms with Crippen LogP contribution in [0.15, 0.2) is 0 Å². The summed E-state index contributed by atoms with van der Waals surface area (Å²) < 4.78 is 5.43. The van der Waals surface area contributed by atoms with Crippen molar-refractivity contribution in [3.63, 3.8) is 0 Å². The number of hydrogen-bond acceptors (Lipinski definition) is 2. The van der Waals surface area contributed by atoms with Crippen LogP contribution in [0.4, 0.5) is 0 Å². The molecule has 1 aliphatic carbocycles. The van der Waals surface area contributed by atoms with Gasteiger partial charge in [-0.1, -0.05) is 12.8 Å². The molecule has 0 spiro atoms. The van der Waals surface area contributed by atoms with Gasteiger partial charge >= 0.3 is 0 Å². The van der Waals surface area contributed by atoms with Crippen molar-refractivity contribution in [2.24, 2.45) is 0 Å². The molecule has 12 heavy (non-hydrogen) atoms. The molecule has 0 amide bonds. The Morgan fingerprint density at radius 1 is 0.917 bits per heavy atom. The summed E-state index contributed by atoms with van der Waals surface area (Å²) in [5, 5.41) is 3.69. The molecule has 2 aliphatic rings. The second kappa shape index (κ2) is 4.24. The Morgan fingerprint density at radius 2 is 1.67 bits per heavy atom. The Balaban J connectivity index is 1.69. The molecular formula is C10H19NO. The maximum absolute atomic E-state index is 5.43. The zero-order valence-corrected chi connectivity index (χ0v) is 7.72. The fraction of sp³-hybridized carbons (Fsp3) is 1.00. The lowest BCUT2D eigenvalue weighted by atomic mass is 10.1. The van der Waals surface area contributed by atoms with Crippen LogP contribution in [0.3, 0.4) is 0 Å². The first-order chi connectivity index (χ1) is 5.95. The van der Waals surface area contributed by atoms with E-state index in [0.717, 1.165) is 19.3 Å². The summed E-state index contributed by atoms with van der Waals surface area (Å²) in [6.45, 7) is 1.92. The van der Waals surface area contributed by atoms with E-state index in [-0.39, 0.29) is 0 Å². The number of ether oxygens (including phenoxy) is 1. The Morgan fingerprint density at radius 3 is 2.33 bits per heavy atom. The van der Waals surface area contributed by atoms with Gasteiger partial charge in [-0.15, -0.1) is 0 Å². The van der Waals surface area contributed by atoms with Crippen LogP contribution >= 0.6 is 0 Å². The third-order valence-corrected chi connectivity index (χ3v) is 2.99. The van der Waals surface area contributed by atoms with E-state index in [1.807, 2.05) is 0 Å². The topological polar surface area (TPSA) is 21.3 Å². The molecule has 1 heterocycles. The minimum Gasteiger partial charge on any atom is -0.380 e. The van der Waals surface area contributed by atoms with E-state index in [4.69, 9.17) is 4.74 Å². The highest BCUT2D eigenvalue weighted by Gasteiger charge is 2.20. The van der Waals surface area contributed by atoms with Crippen LogP contribution < -0.4 is 5.32 Å². The van der Waals surface area contributed by atoms with Gasteiger partial charge in [0, 0.05) is 18.7 Å². The van der Waals surface area contributed by atoms with E-state index >= 15 is 0 Å². The van der Waals surface area contributed by atoms with Gasteiger partial charge in [0.25, 0.3) is 0 Å². The van der Waals surface area contributed by atoms with E-state index in [9.17, 15) is 0 Å². The van der Waals surface area contributed by atoms with Crippen LogP contribution in [0.25, 0.3) is 0 Å². The zero-order chi connectivity index (χ0) is 8.23. The molecule has 2 heteroatoms. The van der Waals surface area contributed by atoms with Gasteiger partial charge in [-0.3, -0.25) is 0 Å². The molecule has 0 radical (unpaired) electrons. The molecule has 1 saturated carbocycles. The summed E-state index contributed by atoms with van der Waals surface area (Å²) in [5.41, 5.74) is 0. The van der Waals surface area contributed by atoms with E-state index in [2.05, 4.69) is 5.32 Å². The molecule has 0 aromatic heterocycles. The fourth-order valence-electron chi connectivity index (χ4n) is 2.30.